The van der Waals surface area contributed by atoms with E-state index < -0.39 is 0 Å². The van der Waals surface area contributed by atoms with E-state index in [2.05, 4.69) is 9.97 Å². The third-order valence-electron chi connectivity index (χ3n) is 6.41. The minimum Gasteiger partial charge on any atom is -0.373 e. The Bertz CT molecular complexity index is 696. The van der Waals surface area contributed by atoms with Gasteiger partial charge in [0.1, 0.15) is 39.3 Å². The van der Waals surface area contributed by atoms with Gasteiger partial charge in [-0.25, -0.2) is 0 Å². The standard InChI is InChI=1S/C18H36N2O6.C10H8N2.Rb/c1-7-21-13-14-24-10-4-20-5-11-25-17-15-22-8-2-19(1)3-9-23-16-18-26-12-6-20;1-5-11-6-2-9(1)10-3-7-12-8-4-10;/h1-18H2;1-8H;/q;;+1/p+2. The largest absolute Gasteiger partial charge is 1.00 e. The third-order valence-corrected chi connectivity index (χ3v) is 6.41. The summed E-state index contributed by atoms with van der Waals surface area (Å²) < 4.78 is 34.4. The Morgan fingerprint density at radius 1 is 0.385 bits per heavy atom. The van der Waals surface area contributed by atoms with Crippen molar-refractivity contribution >= 4 is 0 Å². The van der Waals surface area contributed by atoms with Gasteiger partial charge in [0.25, 0.3) is 0 Å². The molecule has 3 fully saturated rings. The van der Waals surface area contributed by atoms with Crippen LogP contribution >= 0.6 is 0 Å². The SMILES string of the molecule is C1COCC[NH+]2CCOCCOCC[NH+](CCO1)CCOCCOCC2.[Rb+].c1cc(-c2ccncc2)ccn1. The smallest absolute Gasteiger partial charge is 0.373 e. The van der Waals surface area contributed by atoms with Crippen LogP contribution in [0.3, 0.4) is 0 Å². The van der Waals surface area contributed by atoms with Crippen LogP contribution < -0.4 is 68.0 Å². The normalized spacial score (nSPS) is 23.3. The maximum Gasteiger partial charge on any atom is 1.00 e. The predicted octanol–water partition coefficient (Wildman–Crippen LogP) is -3.97. The van der Waals surface area contributed by atoms with Gasteiger partial charge in [0.05, 0.1) is 79.3 Å². The number of nitrogens with one attached hydrogen (secondary N) is 2. The first kappa shape index (κ1) is 35.0. The monoisotopic (exact) mass is 619 g/mol. The van der Waals surface area contributed by atoms with Crippen molar-refractivity contribution in [1.29, 1.82) is 0 Å². The van der Waals surface area contributed by atoms with E-state index in [0.717, 1.165) is 78.9 Å². The molecular formula is C28H46N4O6Rb+3. The van der Waals surface area contributed by atoms with Crippen molar-refractivity contribution < 1.29 is 96.4 Å². The first-order valence-corrected chi connectivity index (χ1v) is 13.9. The van der Waals surface area contributed by atoms with Crippen LogP contribution in [0, 0.1) is 0 Å². The molecule has 3 aliphatic rings. The molecule has 2 bridgehead atoms. The van der Waals surface area contributed by atoms with Gasteiger partial charge in [-0.2, -0.15) is 0 Å². The zero-order valence-corrected chi connectivity index (χ0v) is 28.6. The topological polar surface area (TPSA) is 90.0 Å². The Kier molecular flexibility index (Phi) is 21.9. The van der Waals surface area contributed by atoms with E-state index in [4.69, 9.17) is 28.4 Å². The summed E-state index contributed by atoms with van der Waals surface area (Å²) in [5.74, 6) is 0. The molecule has 39 heavy (non-hydrogen) atoms. The number of pyridine rings is 2. The molecule has 5 rings (SSSR count). The number of rotatable bonds is 1. The number of quaternary nitrogens is 2. The molecule has 5 heterocycles. The first-order valence-electron chi connectivity index (χ1n) is 13.9. The van der Waals surface area contributed by atoms with Gasteiger partial charge in [-0.15, -0.1) is 0 Å². The van der Waals surface area contributed by atoms with Crippen molar-refractivity contribution in [1.82, 2.24) is 9.97 Å². The Hall–Kier alpha value is -0.215. The average molecular weight is 620 g/mol. The molecule has 2 aromatic rings. The van der Waals surface area contributed by atoms with Gasteiger partial charge in [-0.3, -0.25) is 9.97 Å². The maximum atomic E-state index is 5.73. The van der Waals surface area contributed by atoms with Gasteiger partial charge in [-0.05, 0) is 35.4 Å². The van der Waals surface area contributed by atoms with Crippen molar-refractivity contribution in [2.75, 3.05) is 119 Å². The molecule has 212 valence electrons. The fraction of sp³-hybridized carbons (Fsp3) is 0.643. The molecular weight excluding hydrogens is 574 g/mol. The fourth-order valence-corrected chi connectivity index (χ4v) is 4.10. The number of ether oxygens (including phenoxy) is 6. The van der Waals surface area contributed by atoms with Crippen molar-refractivity contribution in [2.45, 2.75) is 0 Å². The molecule has 10 nitrogen and oxygen atoms in total. The van der Waals surface area contributed by atoms with E-state index in [0.29, 0.717) is 39.6 Å². The van der Waals surface area contributed by atoms with Crippen molar-refractivity contribution in [3.05, 3.63) is 49.1 Å². The van der Waals surface area contributed by atoms with Gasteiger partial charge < -0.3 is 38.2 Å². The minimum absolute atomic E-state index is 0. The molecule has 0 atom stereocenters. The summed E-state index contributed by atoms with van der Waals surface area (Å²) in [5.41, 5.74) is 2.35. The number of hydrogen-bond donors (Lipinski definition) is 2. The summed E-state index contributed by atoms with van der Waals surface area (Å²) in [5, 5.41) is 0. The summed E-state index contributed by atoms with van der Waals surface area (Å²) in [6, 6.07) is 7.93. The van der Waals surface area contributed by atoms with E-state index in [-0.39, 0.29) is 58.2 Å². The molecule has 0 unspecified atom stereocenters. The molecule has 0 radical (unpaired) electrons. The van der Waals surface area contributed by atoms with Gasteiger partial charge in [0, 0.05) is 24.8 Å². The number of nitrogens with zero attached hydrogens (tertiary/aromatic N) is 2. The Morgan fingerprint density at radius 2 is 0.615 bits per heavy atom. The summed E-state index contributed by atoms with van der Waals surface area (Å²) in [6.07, 6.45) is 7.15. The quantitative estimate of drug-likeness (QED) is 0.334. The van der Waals surface area contributed by atoms with Crippen LogP contribution in [0.15, 0.2) is 49.1 Å². The second-order valence-electron chi connectivity index (χ2n) is 9.15. The zero-order valence-electron chi connectivity index (χ0n) is 23.7. The Labute approximate surface area is 282 Å². The molecule has 0 saturated carbocycles. The van der Waals surface area contributed by atoms with Crippen LogP contribution in [0.25, 0.3) is 11.1 Å². The van der Waals surface area contributed by atoms with Crippen LogP contribution in [0.2, 0.25) is 0 Å². The van der Waals surface area contributed by atoms with E-state index in [1.54, 1.807) is 24.8 Å². The van der Waals surface area contributed by atoms with E-state index in [1.165, 1.54) is 20.9 Å². The fourth-order valence-electron chi connectivity index (χ4n) is 4.10. The Balaban J connectivity index is 0.000000341. The van der Waals surface area contributed by atoms with Crippen LogP contribution in [0.5, 0.6) is 0 Å². The summed E-state index contributed by atoms with van der Waals surface area (Å²) in [6.45, 7) is 14.1. The zero-order chi connectivity index (χ0) is 26.4. The number of fused-ring (bicyclic) bond motifs is 21. The molecule has 0 amide bonds. The van der Waals surface area contributed by atoms with E-state index >= 15 is 0 Å². The number of aromatic nitrogens is 2. The van der Waals surface area contributed by atoms with Crippen molar-refractivity contribution in [2.24, 2.45) is 0 Å². The summed E-state index contributed by atoms with van der Waals surface area (Å²) in [4.78, 5) is 10.8. The molecule has 0 aliphatic carbocycles. The van der Waals surface area contributed by atoms with Crippen LogP contribution in [0.4, 0.5) is 0 Å². The summed E-state index contributed by atoms with van der Waals surface area (Å²) >= 11 is 0. The van der Waals surface area contributed by atoms with Crippen LogP contribution in [0.1, 0.15) is 0 Å². The summed E-state index contributed by atoms with van der Waals surface area (Å²) in [7, 11) is 0. The van der Waals surface area contributed by atoms with Gasteiger partial charge in [0.15, 0.2) is 0 Å². The number of hydrogen-bond acceptors (Lipinski definition) is 8. The molecule has 11 heteroatoms. The van der Waals surface area contributed by atoms with E-state index in [1.807, 2.05) is 24.3 Å². The van der Waals surface area contributed by atoms with Gasteiger partial charge in [0.2, 0.25) is 0 Å². The molecule has 3 aliphatic heterocycles. The average Bonchev–Trinajstić information content (AvgIpc) is 2.96. The molecule has 0 aromatic carbocycles. The molecule has 0 spiro atoms. The van der Waals surface area contributed by atoms with E-state index in [9.17, 15) is 0 Å². The van der Waals surface area contributed by atoms with Crippen molar-refractivity contribution in [3.8, 4) is 11.1 Å². The third kappa shape index (κ3) is 17.4. The second kappa shape index (κ2) is 24.4. The van der Waals surface area contributed by atoms with Crippen LogP contribution in [-0.4, -0.2) is 129 Å². The van der Waals surface area contributed by atoms with Crippen LogP contribution in [-0.2, 0) is 28.4 Å². The van der Waals surface area contributed by atoms with Gasteiger partial charge in [-0.1, -0.05) is 0 Å². The molecule has 3 saturated heterocycles. The van der Waals surface area contributed by atoms with Crippen molar-refractivity contribution in [3.63, 3.8) is 0 Å². The predicted molar refractivity (Wildman–Crippen MR) is 144 cm³/mol. The maximum absolute atomic E-state index is 5.73. The minimum atomic E-state index is 0. The first-order chi connectivity index (χ1) is 18.9. The van der Waals surface area contributed by atoms with Gasteiger partial charge >= 0.3 is 58.2 Å². The Morgan fingerprint density at radius 3 is 0.846 bits per heavy atom. The molecule has 2 N–H and O–H groups in total. The molecule has 2 aromatic heterocycles. The second-order valence-corrected chi connectivity index (χ2v) is 9.15.